The van der Waals surface area contributed by atoms with Gasteiger partial charge >= 0.3 is 0 Å². The molecule has 1 aromatic carbocycles. The molecule has 1 aromatic rings. The van der Waals surface area contributed by atoms with Crippen LogP contribution in [0.5, 0.6) is 0 Å². The summed E-state index contributed by atoms with van der Waals surface area (Å²) in [5, 5.41) is 2.97. The van der Waals surface area contributed by atoms with E-state index in [-0.39, 0.29) is 17.8 Å². The first-order chi connectivity index (χ1) is 8.52. The van der Waals surface area contributed by atoms with Crippen molar-refractivity contribution in [2.24, 2.45) is 11.7 Å². The van der Waals surface area contributed by atoms with Crippen molar-refractivity contribution in [3.05, 3.63) is 35.6 Å². The molecule has 0 radical (unpaired) electrons. The Morgan fingerprint density at radius 1 is 1.33 bits per heavy atom. The molecule has 3 N–H and O–H groups in total. The second-order valence-electron chi connectivity index (χ2n) is 4.79. The lowest BCUT2D eigenvalue weighted by Crippen LogP contribution is -2.40. The van der Waals surface area contributed by atoms with E-state index in [1.165, 1.54) is 12.1 Å². The Balaban J connectivity index is 2.62. The van der Waals surface area contributed by atoms with Crippen LogP contribution in [0.1, 0.15) is 25.8 Å². The van der Waals surface area contributed by atoms with Crippen LogP contribution >= 0.6 is 0 Å². The molecule has 100 valence electrons. The number of rotatable bonds is 6. The number of benzene rings is 1. The topological polar surface area (TPSA) is 55.1 Å². The zero-order chi connectivity index (χ0) is 13.5. The van der Waals surface area contributed by atoms with Gasteiger partial charge < -0.3 is 11.1 Å². The zero-order valence-corrected chi connectivity index (χ0v) is 10.9. The maximum atomic E-state index is 12.8. The van der Waals surface area contributed by atoms with Crippen LogP contribution in [0, 0.1) is 11.7 Å². The van der Waals surface area contributed by atoms with E-state index < -0.39 is 0 Å². The summed E-state index contributed by atoms with van der Waals surface area (Å²) in [6.07, 6.45) is 1.04. The first-order valence-corrected chi connectivity index (χ1v) is 6.26. The molecule has 3 nitrogen and oxygen atoms in total. The highest BCUT2D eigenvalue weighted by Crippen LogP contribution is 2.11. The molecule has 1 rings (SSSR count). The monoisotopic (exact) mass is 252 g/mol. The van der Waals surface area contributed by atoms with E-state index in [4.69, 9.17) is 5.73 Å². The molecule has 0 heterocycles. The standard InChI is InChI=1S/C14H21FN2O/c1-10(2)13(17-14(18)7-8-16)9-11-3-5-12(15)6-4-11/h3-6,10,13H,7-9,16H2,1-2H3,(H,17,18). The van der Waals surface area contributed by atoms with Crippen LogP contribution < -0.4 is 11.1 Å². The molecule has 1 unspecified atom stereocenters. The van der Waals surface area contributed by atoms with Crippen molar-refractivity contribution < 1.29 is 9.18 Å². The summed E-state index contributed by atoms with van der Waals surface area (Å²) in [7, 11) is 0. The van der Waals surface area contributed by atoms with E-state index in [0.29, 0.717) is 25.3 Å². The van der Waals surface area contributed by atoms with Gasteiger partial charge in [0.05, 0.1) is 0 Å². The quantitative estimate of drug-likeness (QED) is 0.812. The summed E-state index contributed by atoms with van der Waals surface area (Å²) in [5.74, 6) is 0.0436. The molecule has 0 aromatic heterocycles. The van der Waals surface area contributed by atoms with Gasteiger partial charge in [0.2, 0.25) is 5.91 Å². The Morgan fingerprint density at radius 2 is 1.94 bits per heavy atom. The lowest BCUT2D eigenvalue weighted by Gasteiger charge is -2.22. The number of carbonyl (C=O) groups excluding carboxylic acids is 1. The van der Waals surface area contributed by atoms with Crippen LogP contribution in [-0.4, -0.2) is 18.5 Å². The van der Waals surface area contributed by atoms with Gasteiger partial charge in [-0.25, -0.2) is 4.39 Å². The molecule has 0 aliphatic carbocycles. The fraction of sp³-hybridized carbons (Fsp3) is 0.500. The molecule has 18 heavy (non-hydrogen) atoms. The lowest BCUT2D eigenvalue weighted by molar-refractivity contribution is -0.121. The maximum absolute atomic E-state index is 12.8. The van der Waals surface area contributed by atoms with E-state index in [1.807, 2.05) is 0 Å². The van der Waals surface area contributed by atoms with Crippen LogP contribution in [0.3, 0.4) is 0 Å². The van der Waals surface area contributed by atoms with Crippen molar-refractivity contribution in [1.29, 1.82) is 0 Å². The Morgan fingerprint density at radius 3 is 2.44 bits per heavy atom. The number of hydrogen-bond acceptors (Lipinski definition) is 2. The average molecular weight is 252 g/mol. The van der Waals surface area contributed by atoms with E-state index in [2.05, 4.69) is 19.2 Å². The van der Waals surface area contributed by atoms with Gasteiger partial charge in [-0.3, -0.25) is 4.79 Å². The van der Waals surface area contributed by atoms with Crippen LogP contribution in [0.4, 0.5) is 4.39 Å². The first kappa shape index (κ1) is 14.6. The highest BCUT2D eigenvalue weighted by atomic mass is 19.1. The van der Waals surface area contributed by atoms with E-state index in [0.717, 1.165) is 5.56 Å². The number of nitrogens with one attached hydrogen (secondary N) is 1. The summed E-state index contributed by atoms with van der Waals surface area (Å²) >= 11 is 0. The summed E-state index contributed by atoms with van der Waals surface area (Å²) in [4.78, 5) is 11.6. The van der Waals surface area contributed by atoms with Crippen molar-refractivity contribution in [3.8, 4) is 0 Å². The van der Waals surface area contributed by atoms with Gasteiger partial charge in [-0.15, -0.1) is 0 Å². The van der Waals surface area contributed by atoms with Gasteiger partial charge in [0.15, 0.2) is 0 Å². The van der Waals surface area contributed by atoms with Gasteiger partial charge in [-0.1, -0.05) is 26.0 Å². The van der Waals surface area contributed by atoms with Gasteiger partial charge in [0.25, 0.3) is 0 Å². The largest absolute Gasteiger partial charge is 0.353 e. The van der Waals surface area contributed by atoms with Crippen molar-refractivity contribution in [1.82, 2.24) is 5.32 Å². The molecule has 0 fully saturated rings. The fourth-order valence-electron chi connectivity index (χ4n) is 1.74. The van der Waals surface area contributed by atoms with Gasteiger partial charge in [-0.05, 0) is 30.0 Å². The Hall–Kier alpha value is -1.42. The number of carbonyl (C=O) groups is 1. The highest BCUT2D eigenvalue weighted by molar-refractivity contribution is 5.76. The average Bonchev–Trinajstić information content (AvgIpc) is 2.31. The van der Waals surface area contributed by atoms with Gasteiger partial charge in [-0.2, -0.15) is 0 Å². The minimum Gasteiger partial charge on any atom is -0.353 e. The molecule has 0 bridgehead atoms. The van der Waals surface area contributed by atoms with E-state index >= 15 is 0 Å². The van der Waals surface area contributed by atoms with Crippen LogP contribution in [0.2, 0.25) is 0 Å². The zero-order valence-electron chi connectivity index (χ0n) is 10.9. The maximum Gasteiger partial charge on any atom is 0.221 e. The van der Waals surface area contributed by atoms with Crippen molar-refractivity contribution in [2.45, 2.75) is 32.7 Å². The second-order valence-corrected chi connectivity index (χ2v) is 4.79. The van der Waals surface area contributed by atoms with Crippen LogP contribution in [-0.2, 0) is 11.2 Å². The summed E-state index contributed by atoms with van der Waals surface area (Å²) in [6, 6.07) is 6.43. The predicted octanol–water partition coefficient (Wildman–Crippen LogP) is 1.86. The number of nitrogens with two attached hydrogens (primary N) is 1. The van der Waals surface area contributed by atoms with E-state index in [1.54, 1.807) is 12.1 Å². The number of halogens is 1. The molecule has 1 atom stereocenters. The Kier molecular flexibility index (Phi) is 5.78. The number of amides is 1. The molecule has 4 heteroatoms. The SMILES string of the molecule is CC(C)C(Cc1ccc(F)cc1)NC(=O)CCN. The molecule has 0 saturated carbocycles. The fourth-order valence-corrected chi connectivity index (χ4v) is 1.74. The van der Waals surface area contributed by atoms with Crippen molar-refractivity contribution in [3.63, 3.8) is 0 Å². The summed E-state index contributed by atoms with van der Waals surface area (Å²) in [6.45, 7) is 4.46. The third-order valence-electron chi connectivity index (χ3n) is 2.89. The summed E-state index contributed by atoms with van der Waals surface area (Å²) < 4.78 is 12.8. The van der Waals surface area contributed by atoms with Crippen molar-refractivity contribution >= 4 is 5.91 Å². The lowest BCUT2D eigenvalue weighted by atomic mass is 9.96. The Bertz CT molecular complexity index is 376. The number of hydrogen-bond donors (Lipinski definition) is 2. The van der Waals surface area contributed by atoms with Crippen molar-refractivity contribution in [2.75, 3.05) is 6.54 Å². The molecular formula is C14H21FN2O. The Labute approximate surface area is 108 Å². The van der Waals surface area contributed by atoms with Gasteiger partial charge in [0, 0.05) is 19.0 Å². The highest BCUT2D eigenvalue weighted by Gasteiger charge is 2.16. The smallest absolute Gasteiger partial charge is 0.221 e. The first-order valence-electron chi connectivity index (χ1n) is 6.26. The third-order valence-corrected chi connectivity index (χ3v) is 2.89. The summed E-state index contributed by atoms with van der Waals surface area (Å²) in [5.41, 5.74) is 6.36. The minimum atomic E-state index is -0.244. The predicted molar refractivity (Wildman–Crippen MR) is 70.5 cm³/mol. The normalized spacial score (nSPS) is 12.5. The molecule has 0 saturated heterocycles. The second kappa shape index (κ2) is 7.11. The minimum absolute atomic E-state index is 0.0293. The molecular weight excluding hydrogens is 231 g/mol. The van der Waals surface area contributed by atoms with Crippen LogP contribution in [0.25, 0.3) is 0 Å². The third kappa shape index (κ3) is 4.84. The van der Waals surface area contributed by atoms with Crippen LogP contribution in [0.15, 0.2) is 24.3 Å². The molecule has 0 spiro atoms. The van der Waals surface area contributed by atoms with Gasteiger partial charge in [0.1, 0.15) is 5.82 Å². The molecule has 0 aliphatic rings. The molecule has 0 aliphatic heterocycles. The van der Waals surface area contributed by atoms with E-state index in [9.17, 15) is 9.18 Å². The molecule has 1 amide bonds.